The Morgan fingerprint density at radius 3 is 2.40 bits per heavy atom. The molecule has 1 N–H and O–H groups in total. The molecule has 1 aliphatic heterocycles. The second-order valence-corrected chi connectivity index (χ2v) is 7.77. The van der Waals surface area contributed by atoms with E-state index in [4.69, 9.17) is 0 Å². The summed E-state index contributed by atoms with van der Waals surface area (Å²) in [4.78, 5) is 0.262. The molecule has 0 amide bonds. The Balaban J connectivity index is 2.16. The fraction of sp³-hybridized carbons (Fsp3) is 0.600. The maximum absolute atomic E-state index is 12.6. The number of phenols is 1. The molecule has 0 bridgehead atoms. The van der Waals surface area contributed by atoms with E-state index < -0.39 is 10.0 Å². The van der Waals surface area contributed by atoms with Crippen molar-refractivity contribution >= 4 is 10.0 Å². The van der Waals surface area contributed by atoms with Gasteiger partial charge in [0.25, 0.3) is 0 Å². The lowest BCUT2D eigenvalue weighted by Gasteiger charge is -2.21. The van der Waals surface area contributed by atoms with Crippen LogP contribution in [0.1, 0.15) is 33.1 Å². The van der Waals surface area contributed by atoms with E-state index in [1.807, 2.05) is 0 Å². The van der Waals surface area contributed by atoms with Crippen LogP contribution < -0.4 is 0 Å². The predicted octanol–water partition coefficient (Wildman–Crippen LogP) is 2.84. The van der Waals surface area contributed by atoms with E-state index in [2.05, 4.69) is 13.8 Å². The average Bonchev–Trinajstić information content (AvgIpc) is 2.65. The third-order valence-electron chi connectivity index (χ3n) is 4.15. The predicted molar refractivity (Wildman–Crippen MR) is 79.0 cm³/mol. The van der Waals surface area contributed by atoms with Crippen molar-refractivity contribution < 1.29 is 13.5 Å². The van der Waals surface area contributed by atoms with Crippen LogP contribution in [-0.4, -0.2) is 30.9 Å². The maximum atomic E-state index is 12.6. The molecule has 4 nitrogen and oxygen atoms in total. The highest BCUT2D eigenvalue weighted by Gasteiger charge is 2.28. The van der Waals surface area contributed by atoms with Gasteiger partial charge in [0.2, 0.25) is 10.0 Å². The molecule has 0 spiro atoms. The second kappa shape index (κ2) is 6.14. The lowest BCUT2D eigenvalue weighted by molar-refractivity contribution is 0.341. The van der Waals surface area contributed by atoms with Crippen LogP contribution in [-0.2, 0) is 10.0 Å². The average molecular weight is 297 g/mol. The number of phenolic OH excluding ortho intramolecular Hbond substituents is 1. The van der Waals surface area contributed by atoms with Crippen LogP contribution in [0, 0.1) is 11.8 Å². The van der Waals surface area contributed by atoms with Crippen LogP contribution in [0.15, 0.2) is 29.2 Å². The summed E-state index contributed by atoms with van der Waals surface area (Å²) in [6.07, 6.45) is 2.94. The van der Waals surface area contributed by atoms with Gasteiger partial charge in [-0.15, -0.1) is 0 Å². The van der Waals surface area contributed by atoms with E-state index in [-0.39, 0.29) is 10.6 Å². The van der Waals surface area contributed by atoms with E-state index in [9.17, 15) is 13.5 Å². The fourth-order valence-electron chi connectivity index (χ4n) is 2.77. The van der Waals surface area contributed by atoms with Crippen LogP contribution in [0.2, 0.25) is 0 Å². The molecule has 1 atom stereocenters. The van der Waals surface area contributed by atoms with Gasteiger partial charge in [-0.1, -0.05) is 13.8 Å². The highest BCUT2D eigenvalue weighted by Crippen LogP contribution is 2.27. The van der Waals surface area contributed by atoms with Crippen molar-refractivity contribution in [2.24, 2.45) is 11.8 Å². The highest BCUT2D eigenvalue weighted by molar-refractivity contribution is 7.89. The van der Waals surface area contributed by atoms with Gasteiger partial charge < -0.3 is 5.11 Å². The zero-order valence-corrected chi connectivity index (χ0v) is 12.9. The molecule has 0 aromatic heterocycles. The molecular weight excluding hydrogens is 274 g/mol. The van der Waals surface area contributed by atoms with Gasteiger partial charge in [-0.05, 0) is 55.4 Å². The van der Waals surface area contributed by atoms with Gasteiger partial charge in [0.05, 0.1) is 4.90 Å². The maximum Gasteiger partial charge on any atom is 0.243 e. The standard InChI is InChI=1S/C15H23NO3S/c1-12(2)13-4-3-10-16(11-9-13)20(18,19)15-7-5-14(17)6-8-15/h5-8,12-13,17H,3-4,9-11H2,1-2H3. The molecule has 5 heteroatoms. The molecule has 1 aromatic rings. The van der Waals surface area contributed by atoms with E-state index >= 15 is 0 Å². The molecule has 0 saturated carbocycles. The third kappa shape index (κ3) is 3.33. The van der Waals surface area contributed by atoms with E-state index in [0.717, 1.165) is 19.3 Å². The highest BCUT2D eigenvalue weighted by atomic mass is 32.2. The lowest BCUT2D eigenvalue weighted by atomic mass is 9.89. The number of nitrogens with zero attached hydrogens (tertiary/aromatic N) is 1. The van der Waals surface area contributed by atoms with Gasteiger partial charge in [0, 0.05) is 13.1 Å². The smallest absolute Gasteiger partial charge is 0.243 e. The van der Waals surface area contributed by atoms with Crippen molar-refractivity contribution in [1.82, 2.24) is 4.31 Å². The fourth-order valence-corrected chi connectivity index (χ4v) is 4.26. The number of hydrogen-bond acceptors (Lipinski definition) is 3. The number of aromatic hydroxyl groups is 1. The molecule has 20 heavy (non-hydrogen) atoms. The summed E-state index contributed by atoms with van der Waals surface area (Å²) < 4.78 is 26.7. The minimum atomic E-state index is -3.43. The molecule has 2 rings (SSSR count). The molecule has 1 unspecified atom stereocenters. The van der Waals surface area contributed by atoms with Crippen molar-refractivity contribution in [3.8, 4) is 5.75 Å². The monoisotopic (exact) mass is 297 g/mol. The molecule has 1 heterocycles. The minimum absolute atomic E-state index is 0.0830. The first-order chi connectivity index (χ1) is 9.41. The Morgan fingerprint density at radius 2 is 1.80 bits per heavy atom. The van der Waals surface area contributed by atoms with E-state index in [1.165, 1.54) is 24.3 Å². The van der Waals surface area contributed by atoms with Crippen molar-refractivity contribution in [3.05, 3.63) is 24.3 Å². The Kier molecular flexibility index (Phi) is 4.70. The summed E-state index contributed by atoms with van der Waals surface area (Å²) >= 11 is 0. The SMILES string of the molecule is CC(C)C1CCCN(S(=O)(=O)c2ccc(O)cc2)CC1. The van der Waals surface area contributed by atoms with E-state index in [1.54, 1.807) is 4.31 Å². The van der Waals surface area contributed by atoms with Gasteiger partial charge in [0.15, 0.2) is 0 Å². The first kappa shape index (κ1) is 15.3. The first-order valence-electron chi connectivity index (χ1n) is 7.20. The number of rotatable bonds is 3. The molecule has 112 valence electrons. The van der Waals surface area contributed by atoms with Crippen LogP contribution in [0.25, 0.3) is 0 Å². The van der Waals surface area contributed by atoms with Crippen molar-refractivity contribution in [1.29, 1.82) is 0 Å². The molecule has 0 radical (unpaired) electrons. The van der Waals surface area contributed by atoms with Crippen LogP contribution in [0.5, 0.6) is 5.75 Å². The van der Waals surface area contributed by atoms with Crippen molar-refractivity contribution in [2.75, 3.05) is 13.1 Å². The topological polar surface area (TPSA) is 57.6 Å². The van der Waals surface area contributed by atoms with E-state index in [0.29, 0.717) is 24.9 Å². The van der Waals surface area contributed by atoms with Crippen LogP contribution >= 0.6 is 0 Å². The molecule has 1 fully saturated rings. The van der Waals surface area contributed by atoms with Crippen molar-refractivity contribution in [3.63, 3.8) is 0 Å². The lowest BCUT2D eigenvalue weighted by Crippen LogP contribution is -2.32. The number of hydrogen-bond donors (Lipinski definition) is 1. The van der Waals surface area contributed by atoms with Gasteiger partial charge in [-0.2, -0.15) is 4.31 Å². The summed E-state index contributed by atoms with van der Waals surface area (Å²) in [6, 6.07) is 5.77. The summed E-state index contributed by atoms with van der Waals surface area (Å²) in [6.45, 7) is 5.59. The van der Waals surface area contributed by atoms with Gasteiger partial charge in [-0.3, -0.25) is 0 Å². The van der Waals surface area contributed by atoms with Crippen LogP contribution in [0.3, 0.4) is 0 Å². The normalized spacial score (nSPS) is 21.9. The molecule has 1 aromatic carbocycles. The minimum Gasteiger partial charge on any atom is -0.508 e. The van der Waals surface area contributed by atoms with Crippen LogP contribution in [0.4, 0.5) is 0 Å². The zero-order chi connectivity index (χ0) is 14.8. The Bertz CT molecular complexity index is 537. The number of benzene rings is 1. The molecule has 0 aliphatic carbocycles. The quantitative estimate of drug-likeness (QED) is 0.933. The second-order valence-electron chi connectivity index (χ2n) is 5.83. The molecule has 1 aliphatic rings. The molecule has 1 saturated heterocycles. The van der Waals surface area contributed by atoms with Gasteiger partial charge >= 0.3 is 0 Å². The summed E-state index contributed by atoms with van der Waals surface area (Å²) in [5.74, 6) is 1.29. The van der Waals surface area contributed by atoms with Gasteiger partial charge in [-0.25, -0.2) is 8.42 Å². The summed E-state index contributed by atoms with van der Waals surface area (Å²) in [5.41, 5.74) is 0. The summed E-state index contributed by atoms with van der Waals surface area (Å²) in [7, 11) is -3.43. The first-order valence-corrected chi connectivity index (χ1v) is 8.64. The Morgan fingerprint density at radius 1 is 1.15 bits per heavy atom. The largest absolute Gasteiger partial charge is 0.508 e. The van der Waals surface area contributed by atoms with Gasteiger partial charge in [0.1, 0.15) is 5.75 Å². The van der Waals surface area contributed by atoms with Crippen molar-refractivity contribution in [2.45, 2.75) is 38.0 Å². The third-order valence-corrected chi connectivity index (χ3v) is 6.06. The summed E-state index contributed by atoms with van der Waals surface area (Å²) in [5, 5.41) is 9.27. The molecular formula is C15H23NO3S. The Labute approximate surface area is 121 Å². The Hall–Kier alpha value is -1.07. The zero-order valence-electron chi connectivity index (χ0n) is 12.1. The number of sulfonamides is 1.